The van der Waals surface area contributed by atoms with Crippen molar-refractivity contribution in [3.05, 3.63) is 60.8 Å². The van der Waals surface area contributed by atoms with Gasteiger partial charge in [-0.15, -0.1) is 0 Å². The van der Waals surface area contributed by atoms with E-state index < -0.39 is 51.8 Å². The molecule has 61 heavy (non-hydrogen) atoms. The van der Waals surface area contributed by atoms with Crippen LogP contribution in [-0.2, 0) is 32.7 Å². The van der Waals surface area contributed by atoms with Crippen LogP contribution in [0.4, 0.5) is 0 Å². The van der Waals surface area contributed by atoms with Crippen LogP contribution in [0.1, 0.15) is 206 Å². The predicted molar refractivity (Wildman–Crippen MR) is 251 cm³/mol. The number of rotatable bonds is 45. The number of allylic oxidation sites excluding steroid dienone is 10. The van der Waals surface area contributed by atoms with Crippen molar-refractivity contribution in [3.8, 4) is 0 Å². The van der Waals surface area contributed by atoms with E-state index in [4.69, 9.17) is 23.6 Å². The third kappa shape index (κ3) is 45.5. The summed E-state index contributed by atoms with van der Waals surface area (Å²) in [5.74, 6) is -1.02. The molecule has 0 heterocycles. The molecule has 0 aliphatic heterocycles. The summed E-state index contributed by atoms with van der Waals surface area (Å²) in [7, 11) is -4.64. The molecule has 0 saturated heterocycles. The summed E-state index contributed by atoms with van der Waals surface area (Å²) < 4.78 is 32.7. The summed E-state index contributed by atoms with van der Waals surface area (Å²) in [5, 5.41) is 18.4. The zero-order valence-corrected chi connectivity index (χ0v) is 39.5. The molecule has 1 unspecified atom stereocenters. The minimum atomic E-state index is -4.64. The molecule has 0 radical (unpaired) electrons. The first-order chi connectivity index (χ1) is 29.7. The van der Waals surface area contributed by atoms with E-state index in [9.17, 15) is 24.2 Å². The lowest BCUT2D eigenvalue weighted by atomic mass is 10.0. The van der Waals surface area contributed by atoms with Crippen molar-refractivity contribution in [2.75, 3.05) is 26.4 Å². The van der Waals surface area contributed by atoms with Gasteiger partial charge in [0.2, 0.25) is 0 Å². The minimum Gasteiger partial charge on any atom is -0.462 e. The molecule has 0 spiro atoms. The van der Waals surface area contributed by atoms with Crippen molar-refractivity contribution < 1.29 is 47.8 Å². The van der Waals surface area contributed by atoms with Gasteiger partial charge in [0.25, 0.3) is 0 Å². The summed E-state index contributed by atoms with van der Waals surface area (Å²) in [6.45, 7) is 2.29. The minimum absolute atomic E-state index is 0.118. The first-order valence-electron chi connectivity index (χ1n) is 24.2. The average Bonchev–Trinajstić information content (AvgIpc) is 3.25. The molecule has 0 aromatic rings. The Kier molecular flexibility index (Phi) is 43.9. The molecular formula is C50H89O10P. The van der Waals surface area contributed by atoms with Crippen molar-refractivity contribution in [2.45, 2.75) is 219 Å². The van der Waals surface area contributed by atoms with Crippen LogP contribution in [0.25, 0.3) is 0 Å². The molecule has 0 fully saturated rings. The molecule has 0 bridgehead atoms. The van der Waals surface area contributed by atoms with Gasteiger partial charge in [0.15, 0.2) is 6.10 Å². The molecule has 0 amide bonds. The van der Waals surface area contributed by atoms with Gasteiger partial charge in [0.05, 0.1) is 19.8 Å². The number of ether oxygens (including phenoxy) is 2. The van der Waals surface area contributed by atoms with Crippen molar-refractivity contribution in [2.24, 2.45) is 0 Å². The van der Waals surface area contributed by atoms with Crippen LogP contribution >= 0.6 is 7.82 Å². The summed E-state index contributed by atoms with van der Waals surface area (Å²) >= 11 is 0. The monoisotopic (exact) mass is 881 g/mol. The Morgan fingerprint density at radius 2 is 0.885 bits per heavy atom. The number of hydrogen-bond acceptors (Lipinski definition) is 9. The summed E-state index contributed by atoms with van der Waals surface area (Å²) in [6.07, 6.45) is 52.0. The molecule has 0 saturated carbocycles. The summed E-state index contributed by atoms with van der Waals surface area (Å²) in [6, 6.07) is 0. The average molecular weight is 881 g/mol. The number of phosphoric ester groups is 1. The van der Waals surface area contributed by atoms with Crippen LogP contribution in [0.3, 0.4) is 0 Å². The van der Waals surface area contributed by atoms with E-state index in [0.29, 0.717) is 12.8 Å². The van der Waals surface area contributed by atoms with E-state index in [1.54, 1.807) is 0 Å². The number of hydrogen-bond donors (Lipinski definition) is 3. The highest BCUT2D eigenvalue weighted by Gasteiger charge is 2.27. The first kappa shape index (κ1) is 58.7. The zero-order chi connectivity index (χ0) is 44.8. The van der Waals surface area contributed by atoms with Crippen LogP contribution in [0, 0.1) is 0 Å². The predicted octanol–water partition coefficient (Wildman–Crippen LogP) is 13.5. The lowest BCUT2D eigenvalue weighted by Gasteiger charge is -2.20. The number of carbonyl (C=O) groups excluding carboxylic acids is 2. The largest absolute Gasteiger partial charge is 0.472 e. The number of phosphoric acid groups is 1. The maximum absolute atomic E-state index is 12.7. The third-order valence-corrected chi connectivity index (χ3v) is 11.1. The molecule has 11 heteroatoms. The molecule has 0 aromatic heterocycles. The number of esters is 2. The van der Waals surface area contributed by atoms with Crippen LogP contribution < -0.4 is 0 Å². The highest BCUT2D eigenvalue weighted by molar-refractivity contribution is 7.47. The maximum atomic E-state index is 12.7. The number of aliphatic hydroxyl groups excluding tert-OH is 2. The first-order valence-corrected chi connectivity index (χ1v) is 25.7. The standard InChI is InChI=1S/C50H89O10P/c1-3-5-7-9-11-13-15-17-19-21-23-25-27-29-31-33-35-37-39-41-49(53)57-45-48(46-59-61(55,56)58-44-47(52)43-51)60-50(54)42-40-38-36-34-32-30-28-26-24-22-20-18-16-14-12-10-8-6-4-2/h11,13,17,19,23,25,29,31,35,37,47-48,51-52H,3-10,12,14-16,18,20-22,24,26-28,30,32-34,36,38-46H2,1-2H3,(H,55,56)/b13-11+,19-17+,25-23+,31-29+,37-35+/t47-,48+/m0/s1. The molecule has 3 atom stereocenters. The second-order valence-electron chi connectivity index (χ2n) is 16.1. The summed E-state index contributed by atoms with van der Waals surface area (Å²) in [5.41, 5.74) is 0. The highest BCUT2D eigenvalue weighted by atomic mass is 31.2. The molecule has 10 nitrogen and oxygen atoms in total. The van der Waals surface area contributed by atoms with Gasteiger partial charge >= 0.3 is 19.8 Å². The molecule has 0 aliphatic carbocycles. The zero-order valence-electron chi connectivity index (χ0n) is 38.6. The van der Waals surface area contributed by atoms with E-state index in [0.717, 1.165) is 44.9 Å². The van der Waals surface area contributed by atoms with Crippen LogP contribution in [0.15, 0.2) is 60.8 Å². The van der Waals surface area contributed by atoms with E-state index >= 15 is 0 Å². The SMILES string of the molecule is CCCCC/C=C/C/C=C/C/C=C/C/C=C/C/C=C/CCC(=O)OC[C@H](COP(=O)(O)OC[C@@H](O)CO)OC(=O)CCCCCCCCCCCCCCCCCCCCC. The summed E-state index contributed by atoms with van der Waals surface area (Å²) in [4.78, 5) is 35.1. The van der Waals surface area contributed by atoms with Gasteiger partial charge in [-0.2, -0.15) is 0 Å². The number of carbonyl (C=O) groups is 2. The Balaban J connectivity index is 4.33. The Morgan fingerprint density at radius 3 is 1.34 bits per heavy atom. The van der Waals surface area contributed by atoms with E-state index in [-0.39, 0.29) is 19.4 Å². The van der Waals surface area contributed by atoms with Gasteiger partial charge in [-0.1, -0.05) is 203 Å². The lowest BCUT2D eigenvalue weighted by Crippen LogP contribution is -2.29. The molecular weight excluding hydrogens is 792 g/mol. The Bertz CT molecular complexity index is 1200. The van der Waals surface area contributed by atoms with Crippen LogP contribution in [-0.4, -0.2) is 65.7 Å². The van der Waals surface area contributed by atoms with Gasteiger partial charge in [0, 0.05) is 12.8 Å². The quantitative estimate of drug-likeness (QED) is 0.0233. The maximum Gasteiger partial charge on any atom is 0.472 e. The lowest BCUT2D eigenvalue weighted by molar-refractivity contribution is -0.161. The number of aliphatic hydroxyl groups is 2. The van der Waals surface area contributed by atoms with Crippen molar-refractivity contribution >= 4 is 19.8 Å². The molecule has 354 valence electrons. The van der Waals surface area contributed by atoms with Gasteiger partial charge in [-0.3, -0.25) is 18.6 Å². The van der Waals surface area contributed by atoms with Gasteiger partial charge in [-0.25, -0.2) is 4.57 Å². The fourth-order valence-corrected chi connectivity index (χ4v) is 7.24. The second kappa shape index (κ2) is 45.7. The smallest absolute Gasteiger partial charge is 0.462 e. The Labute approximate surface area is 372 Å². The van der Waals surface area contributed by atoms with Crippen molar-refractivity contribution in [3.63, 3.8) is 0 Å². The van der Waals surface area contributed by atoms with E-state index in [2.05, 4.69) is 62.5 Å². The molecule has 0 rings (SSSR count). The van der Waals surface area contributed by atoms with Crippen LogP contribution in [0.2, 0.25) is 0 Å². The van der Waals surface area contributed by atoms with Gasteiger partial charge in [-0.05, 0) is 51.4 Å². The molecule has 0 aliphatic rings. The topological polar surface area (TPSA) is 149 Å². The van der Waals surface area contributed by atoms with Crippen molar-refractivity contribution in [1.82, 2.24) is 0 Å². The third-order valence-electron chi connectivity index (χ3n) is 10.2. The van der Waals surface area contributed by atoms with E-state index in [1.807, 2.05) is 12.2 Å². The normalized spacial score (nSPS) is 14.2. The highest BCUT2D eigenvalue weighted by Crippen LogP contribution is 2.43. The fourth-order valence-electron chi connectivity index (χ4n) is 6.45. The Hall–Kier alpha value is -2.33. The number of unbranched alkanes of at least 4 members (excludes halogenated alkanes) is 21. The molecule has 3 N–H and O–H groups in total. The van der Waals surface area contributed by atoms with Gasteiger partial charge in [0.1, 0.15) is 12.7 Å². The van der Waals surface area contributed by atoms with Crippen molar-refractivity contribution in [1.29, 1.82) is 0 Å². The van der Waals surface area contributed by atoms with Crippen LogP contribution in [0.5, 0.6) is 0 Å². The fraction of sp³-hybridized carbons (Fsp3) is 0.760. The second-order valence-corrected chi connectivity index (χ2v) is 17.6. The van der Waals surface area contributed by atoms with E-state index in [1.165, 1.54) is 122 Å². The van der Waals surface area contributed by atoms with Gasteiger partial charge < -0.3 is 24.6 Å². The molecule has 0 aromatic carbocycles. The Morgan fingerprint density at radius 1 is 0.492 bits per heavy atom.